The van der Waals surface area contributed by atoms with Gasteiger partial charge in [-0.25, -0.2) is 4.39 Å². The molecule has 0 atom stereocenters. The zero-order valence-corrected chi connectivity index (χ0v) is 7.13. The minimum atomic E-state index is -0.288. The molecule has 0 radical (unpaired) electrons. The largest absolute Gasteiger partial charge is 0.291 e. The molecule has 0 aromatic heterocycles. The van der Waals surface area contributed by atoms with Crippen molar-refractivity contribution in [2.45, 2.75) is 19.8 Å². The lowest BCUT2D eigenvalue weighted by Crippen LogP contribution is -1.95. The third kappa shape index (κ3) is 1.74. The van der Waals surface area contributed by atoms with Gasteiger partial charge in [0.25, 0.3) is 0 Å². The summed E-state index contributed by atoms with van der Waals surface area (Å²) in [5.41, 5.74) is 2.93. The van der Waals surface area contributed by atoms with Crippen molar-refractivity contribution < 1.29 is 9.60 Å². The molecule has 0 bridgehead atoms. The average molecular weight is 169 g/mol. The Morgan fingerprint density at radius 2 is 2.08 bits per heavy atom. The van der Waals surface area contributed by atoms with Crippen LogP contribution in [0.1, 0.15) is 25.3 Å². The van der Waals surface area contributed by atoms with Gasteiger partial charge in [-0.15, -0.1) is 0 Å². The molecule has 1 aromatic rings. The Labute approximate surface area is 71.0 Å². The molecule has 0 aliphatic rings. The molecule has 0 saturated heterocycles. The third-order valence-corrected chi connectivity index (χ3v) is 1.75. The normalized spacial score (nSPS) is 10.4. The van der Waals surface area contributed by atoms with Crippen LogP contribution in [0.3, 0.4) is 0 Å². The molecule has 0 fully saturated rings. The maximum Gasteiger partial charge on any atom is 0.128 e. The molecular formula is C9H12FNO. The summed E-state index contributed by atoms with van der Waals surface area (Å²) in [6.07, 6.45) is 0. The van der Waals surface area contributed by atoms with Crippen molar-refractivity contribution in [2.24, 2.45) is 0 Å². The second kappa shape index (κ2) is 3.54. The van der Waals surface area contributed by atoms with E-state index >= 15 is 0 Å². The van der Waals surface area contributed by atoms with Gasteiger partial charge in [-0.05, 0) is 23.6 Å². The SMILES string of the molecule is CC(C)c1ccc(NO)cc1F. The van der Waals surface area contributed by atoms with Gasteiger partial charge in [0.2, 0.25) is 0 Å². The van der Waals surface area contributed by atoms with Crippen LogP contribution in [0.2, 0.25) is 0 Å². The summed E-state index contributed by atoms with van der Waals surface area (Å²) in [4.78, 5) is 0. The summed E-state index contributed by atoms with van der Waals surface area (Å²) in [7, 11) is 0. The van der Waals surface area contributed by atoms with E-state index in [0.717, 1.165) is 0 Å². The Hall–Kier alpha value is -1.09. The van der Waals surface area contributed by atoms with Gasteiger partial charge in [-0.3, -0.25) is 10.7 Å². The van der Waals surface area contributed by atoms with Crippen molar-refractivity contribution in [3.05, 3.63) is 29.6 Å². The number of halogens is 1. The monoisotopic (exact) mass is 169 g/mol. The molecule has 0 amide bonds. The standard InChI is InChI=1S/C9H12FNO/c1-6(2)8-4-3-7(11-12)5-9(8)10/h3-6,11-12H,1-2H3. The fourth-order valence-electron chi connectivity index (χ4n) is 1.06. The second-order valence-electron chi connectivity index (χ2n) is 3.00. The quantitative estimate of drug-likeness (QED) is 0.667. The zero-order chi connectivity index (χ0) is 9.14. The van der Waals surface area contributed by atoms with Gasteiger partial charge in [-0.2, -0.15) is 0 Å². The second-order valence-corrected chi connectivity index (χ2v) is 3.00. The highest BCUT2D eigenvalue weighted by Crippen LogP contribution is 2.20. The summed E-state index contributed by atoms with van der Waals surface area (Å²) >= 11 is 0. The van der Waals surface area contributed by atoms with Gasteiger partial charge in [0, 0.05) is 0 Å². The van der Waals surface area contributed by atoms with Crippen molar-refractivity contribution >= 4 is 5.69 Å². The summed E-state index contributed by atoms with van der Waals surface area (Å²) in [5, 5.41) is 8.47. The topological polar surface area (TPSA) is 32.3 Å². The highest BCUT2D eigenvalue weighted by atomic mass is 19.1. The van der Waals surface area contributed by atoms with Crippen molar-refractivity contribution in [2.75, 3.05) is 5.48 Å². The Bertz CT molecular complexity index is 273. The number of rotatable bonds is 2. The summed E-state index contributed by atoms with van der Waals surface area (Å²) < 4.78 is 13.1. The van der Waals surface area contributed by atoms with E-state index in [1.165, 1.54) is 6.07 Å². The maximum absolute atomic E-state index is 13.1. The van der Waals surface area contributed by atoms with Crippen LogP contribution in [0.4, 0.5) is 10.1 Å². The highest BCUT2D eigenvalue weighted by Gasteiger charge is 2.06. The zero-order valence-electron chi connectivity index (χ0n) is 7.13. The number of benzene rings is 1. The lowest BCUT2D eigenvalue weighted by Gasteiger charge is -2.07. The maximum atomic E-state index is 13.1. The number of nitrogens with one attached hydrogen (secondary N) is 1. The van der Waals surface area contributed by atoms with Crippen LogP contribution >= 0.6 is 0 Å². The molecule has 3 heteroatoms. The van der Waals surface area contributed by atoms with E-state index in [4.69, 9.17) is 5.21 Å². The first-order valence-electron chi connectivity index (χ1n) is 3.84. The summed E-state index contributed by atoms with van der Waals surface area (Å²) in [6, 6.07) is 4.58. The van der Waals surface area contributed by atoms with Crippen LogP contribution in [0.5, 0.6) is 0 Å². The van der Waals surface area contributed by atoms with E-state index < -0.39 is 0 Å². The van der Waals surface area contributed by atoms with Gasteiger partial charge in [0.15, 0.2) is 0 Å². The molecular weight excluding hydrogens is 157 g/mol. The van der Waals surface area contributed by atoms with E-state index in [0.29, 0.717) is 11.3 Å². The van der Waals surface area contributed by atoms with Crippen LogP contribution in [0.15, 0.2) is 18.2 Å². The van der Waals surface area contributed by atoms with E-state index in [-0.39, 0.29) is 11.7 Å². The molecule has 2 N–H and O–H groups in total. The Morgan fingerprint density at radius 1 is 1.42 bits per heavy atom. The predicted molar refractivity (Wildman–Crippen MR) is 45.9 cm³/mol. The minimum Gasteiger partial charge on any atom is -0.291 e. The van der Waals surface area contributed by atoms with Crippen molar-refractivity contribution in [1.29, 1.82) is 0 Å². The minimum absolute atomic E-state index is 0.165. The van der Waals surface area contributed by atoms with Gasteiger partial charge in [0.05, 0.1) is 5.69 Å². The predicted octanol–water partition coefficient (Wildman–Crippen LogP) is 2.75. The van der Waals surface area contributed by atoms with Gasteiger partial charge >= 0.3 is 0 Å². The molecule has 2 nitrogen and oxygen atoms in total. The van der Waals surface area contributed by atoms with E-state index in [2.05, 4.69) is 0 Å². The first kappa shape index (κ1) is 9.00. The molecule has 0 unspecified atom stereocenters. The molecule has 66 valence electrons. The lowest BCUT2D eigenvalue weighted by molar-refractivity contribution is 0.388. The first-order valence-corrected chi connectivity index (χ1v) is 3.84. The smallest absolute Gasteiger partial charge is 0.128 e. The van der Waals surface area contributed by atoms with Crippen molar-refractivity contribution in [1.82, 2.24) is 0 Å². The van der Waals surface area contributed by atoms with Crippen LogP contribution in [-0.4, -0.2) is 5.21 Å². The molecule has 12 heavy (non-hydrogen) atoms. The van der Waals surface area contributed by atoms with Crippen molar-refractivity contribution in [3.8, 4) is 0 Å². The molecule has 0 saturated carbocycles. The van der Waals surface area contributed by atoms with Crippen LogP contribution < -0.4 is 5.48 Å². The number of hydrogen-bond acceptors (Lipinski definition) is 2. The molecule has 0 aliphatic carbocycles. The summed E-state index contributed by atoms with van der Waals surface area (Å²) in [5.74, 6) is -0.123. The van der Waals surface area contributed by atoms with Crippen LogP contribution in [0.25, 0.3) is 0 Å². The molecule has 0 aliphatic heterocycles. The van der Waals surface area contributed by atoms with E-state index in [1.807, 2.05) is 19.3 Å². The number of anilines is 1. The Morgan fingerprint density at radius 3 is 2.50 bits per heavy atom. The lowest BCUT2D eigenvalue weighted by atomic mass is 10.0. The van der Waals surface area contributed by atoms with Crippen LogP contribution in [0, 0.1) is 5.82 Å². The molecule has 1 aromatic carbocycles. The molecule has 0 spiro atoms. The first-order chi connectivity index (χ1) is 5.65. The van der Waals surface area contributed by atoms with Gasteiger partial charge in [0.1, 0.15) is 5.82 Å². The molecule has 0 heterocycles. The third-order valence-electron chi connectivity index (χ3n) is 1.75. The van der Waals surface area contributed by atoms with Gasteiger partial charge in [-0.1, -0.05) is 19.9 Å². The van der Waals surface area contributed by atoms with Gasteiger partial charge < -0.3 is 0 Å². The van der Waals surface area contributed by atoms with E-state index in [9.17, 15) is 4.39 Å². The molecule has 1 rings (SSSR count). The summed E-state index contributed by atoms with van der Waals surface area (Å²) in [6.45, 7) is 3.84. The fourth-order valence-corrected chi connectivity index (χ4v) is 1.06. The Balaban J connectivity index is 3.03. The van der Waals surface area contributed by atoms with E-state index in [1.54, 1.807) is 12.1 Å². The fraction of sp³-hybridized carbons (Fsp3) is 0.333. The average Bonchev–Trinajstić information content (AvgIpc) is 2.03. The highest BCUT2D eigenvalue weighted by molar-refractivity contribution is 5.43. The van der Waals surface area contributed by atoms with Crippen LogP contribution in [-0.2, 0) is 0 Å². The Kier molecular flexibility index (Phi) is 2.65. The van der Waals surface area contributed by atoms with Crippen molar-refractivity contribution in [3.63, 3.8) is 0 Å². The number of hydrogen-bond donors (Lipinski definition) is 2.